The molecule has 0 aromatic rings. The first-order valence-electron chi connectivity index (χ1n) is 2.49. The van der Waals surface area contributed by atoms with Gasteiger partial charge in [-0.1, -0.05) is 6.58 Å². The van der Waals surface area contributed by atoms with E-state index in [9.17, 15) is 4.57 Å². The topological polar surface area (TPSA) is 76.0 Å². The summed E-state index contributed by atoms with van der Waals surface area (Å²) in [7, 11) is -4.32. The lowest BCUT2D eigenvalue weighted by Gasteiger charge is -2.03. The van der Waals surface area contributed by atoms with Crippen molar-refractivity contribution < 1.29 is 23.6 Å². The van der Waals surface area contributed by atoms with Crippen molar-refractivity contribution in [1.29, 1.82) is 0 Å². The Kier molecular flexibility index (Phi) is 4.31. The van der Waals surface area contributed by atoms with Crippen LogP contribution in [0.1, 0.15) is 0 Å². The van der Waals surface area contributed by atoms with Gasteiger partial charge in [-0.3, -0.25) is 4.52 Å². The van der Waals surface area contributed by atoms with Crippen molar-refractivity contribution in [1.82, 2.24) is 0 Å². The van der Waals surface area contributed by atoms with E-state index in [0.717, 1.165) is 0 Å². The third kappa shape index (κ3) is 7.65. The van der Waals surface area contributed by atoms with Crippen LogP contribution in [0.25, 0.3) is 0 Å². The molecule has 0 aliphatic carbocycles. The van der Waals surface area contributed by atoms with Crippen molar-refractivity contribution in [3.63, 3.8) is 0 Å². The molecule has 0 fully saturated rings. The number of hydrogen-bond donors (Lipinski definition) is 2. The van der Waals surface area contributed by atoms with Crippen LogP contribution in [0.4, 0.5) is 0 Å². The van der Waals surface area contributed by atoms with Gasteiger partial charge in [0, 0.05) is 0 Å². The smallest absolute Gasteiger partial charge is 0.469 e. The van der Waals surface area contributed by atoms with Gasteiger partial charge in [0.1, 0.15) is 6.61 Å². The second-order valence-corrected chi connectivity index (χ2v) is 2.60. The van der Waals surface area contributed by atoms with Gasteiger partial charge in [-0.2, -0.15) is 0 Å². The van der Waals surface area contributed by atoms with E-state index in [1.165, 1.54) is 6.26 Å². The van der Waals surface area contributed by atoms with Gasteiger partial charge in [0.05, 0.1) is 12.9 Å². The largest absolute Gasteiger partial charge is 0.499 e. The van der Waals surface area contributed by atoms with E-state index in [1.54, 1.807) is 0 Å². The summed E-state index contributed by atoms with van der Waals surface area (Å²) in [5.41, 5.74) is 0. The van der Waals surface area contributed by atoms with E-state index >= 15 is 0 Å². The van der Waals surface area contributed by atoms with Gasteiger partial charge in [-0.05, 0) is 0 Å². The number of phosphoric ester groups is 1. The number of phosphoric acid groups is 1. The van der Waals surface area contributed by atoms with E-state index in [-0.39, 0.29) is 13.2 Å². The summed E-state index contributed by atoms with van der Waals surface area (Å²) in [6.45, 7) is 3.17. The molecule has 2 N–H and O–H groups in total. The summed E-state index contributed by atoms with van der Waals surface area (Å²) in [6, 6.07) is 0. The van der Waals surface area contributed by atoms with Crippen molar-refractivity contribution in [3.05, 3.63) is 12.8 Å². The van der Waals surface area contributed by atoms with Crippen LogP contribution in [-0.4, -0.2) is 23.0 Å². The van der Waals surface area contributed by atoms with Crippen LogP contribution < -0.4 is 0 Å². The first-order valence-corrected chi connectivity index (χ1v) is 4.02. The second-order valence-electron chi connectivity index (χ2n) is 1.36. The van der Waals surface area contributed by atoms with E-state index in [4.69, 9.17) is 9.79 Å². The highest BCUT2D eigenvalue weighted by Crippen LogP contribution is 2.35. The SMILES string of the molecule is C=COCCOP(=O)(O)O. The van der Waals surface area contributed by atoms with Crippen LogP contribution >= 0.6 is 7.82 Å². The molecule has 0 aromatic heterocycles. The molecule has 0 spiro atoms. The molecule has 0 atom stereocenters. The van der Waals surface area contributed by atoms with E-state index in [1.807, 2.05) is 0 Å². The standard InChI is InChI=1S/C4H9O5P/c1-2-8-3-4-9-10(5,6)7/h2H,1,3-4H2,(H2,5,6,7). The summed E-state index contributed by atoms with van der Waals surface area (Å²) in [4.78, 5) is 16.2. The molecular formula is C4H9O5P. The fourth-order valence-electron chi connectivity index (χ4n) is 0.288. The van der Waals surface area contributed by atoms with Crippen molar-refractivity contribution >= 4 is 7.82 Å². The van der Waals surface area contributed by atoms with E-state index in [2.05, 4.69) is 15.8 Å². The van der Waals surface area contributed by atoms with E-state index < -0.39 is 7.82 Å². The third-order valence-corrected chi connectivity index (χ3v) is 1.10. The zero-order valence-corrected chi connectivity index (χ0v) is 6.16. The van der Waals surface area contributed by atoms with Gasteiger partial charge in [-0.25, -0.2) is 4.57 Å². The zero-order chi connectivity index (χ0) is 8.04. The fourth-order valence-corrected chi connectivity index (χ4v) is 0.600. The summed E-state index contributed by atoms with van der Waals surface area (Å²) in [6.07, 6.45) is 1.17. The maximum Gasteiger partial charge on any atom is 0.469 e. The molecule has 6 heteroatoms. The van der Waals surface area contributed by atoms with Gasteiger partial charge >= 0.3 is 7.82 Å². The molecule has 0 saturated heterocycles. The van der Waals surface area contributed by atoms with Crippen LogP contribution in [0, 0.1) is 0 Å². The molecule has 0 rings (SSSR count). The molecule has 0 aromatic carbocycles. The highest BCUT2D eigenvalue weighted by molar-refractivity contribution is 7.46. The zero-order valence-electron chi connectivity index (χ0n) is 5.27. The quantitative estimate of drug-likeness (QED) is 0.349. The van der Waals surface area contributed by atoms with Crippen molar-refractivity contribution in [2.45, 2.75) is 0 Å². The fraction of sp³-hybridized carbons (Fsp3) is 0.500. The maximum absolute atomic E-state index is 9.99. The Morgan fingerprint density at radius 3 is 2.50 bits per heavy atom. The average Bonchev–Trinajstić information content (AvgIpc) is 1.78. The Labute approximate surface area is 58.5 Å². The lowest BCUT2D eigenvalue weighted by Crippen LogP contribution is -1.98. The molecule has 0 saturated carbocycles. The van der Waals surface area contributed by atoms with Crippen LogP contribution in [0.5, 0.6) is 0 Å². The van der Waals surface area contributed by atoms with Crippen LogP contribution in [0.3, 0.4) is 0 Å². The Hall–Kier alpha value is -0.350. The molecule has 0 bridgehead atoms. The highest BCUT2D eigenvalue weighted by atomic mass is 31.2. The predicted octanol–water partition coefficient (Wildman–Crippen LogP) is 0.256. The molecule has 0 aliphatic heterocycles. The van der Waals surface area contributed by atoms with Crippen LogP contribution in [-0.2, 0) is 13.8 Å². The lowest BCUT2D eigenvalue weighted by atomic mass is 10.8. The summed E-state index contributed by atoms with van der Waals surface area (Å²) in [5, 5.41) is 0. The van der Waals surface area contributed by atoms with Gasteiger partial charge in [0.25, 0.3) is 0 Å². The minimum atomic E-state index is -4.32. The molecule has 5 nitrogen and oxygen atoms in total. The molecule has 0 aliphatic rings. The molecule has 0 heterocycles. The molecule has 0 unspecified atom stereocenters. The summed E-state index contributed by atoms with van der Waals surface area (Å²) >= 11 is 0. The normalized spacial score (nSPS) is 11.0. The molecule has 0 radical (unpaired) electrons. The number of rotatable bonds is 5. The monoisotopic (exact) mass is 168 g/mol. The Balaban J connectivity index is 3.20. The Bertz CT molecular complexity index is 139. The van der Waals surface area contributed by atoms with Gasteiger partial charge in [0.2, 0.25) is 0 Å². The van der Waals surface area contributed by atoms with Gasteiger partial charge in [-0.15, -0.1) is 0 Å². The van der Waals surface area contributed by atoms with Gasteiger partial charge < -0.3 is 14.5 Å². The first-order chi connectivity index (χ1) is 4.56. The second kappa shape index (κ2) is 4.46. The summed E-state index contributed by atoms with van der Waals surface area (Å²) < 4.78 is 18.5. The number of hydrogen-bond acceptors (Lipinski definition) is 3. The van der Waals surface area contributed by atoms with Crippen molar-refractivity contribution in [2.24, 2.45) is 0 Å². The van der Waals surface area contributed by atoms with Crippen molar-refractivity contribution in [3.8, 4) is 0 Å². The van der Waals surface area contributed by atoms with Crippen LogP contribution in [0.15, 0.2) is 12.8 Å². The van der Waals surface area contributed by atoms with Crippen molar-refractivity contribution in [2.75, 3.05) is 13.2 Å². The molecular weight excluding hydrogens is 159 g/mol. The Morgan fingerprint density at radius 1 is 1.50 bits per heavy atom. The lowest BCUT2D eigenvalue weighted by molar-refractivity contribution is 0.141. The highest BCUT2D eigenvalue weighted by Gasteiger charge is 2.12. The first kappa shape index (κ1) is 9.65. The van der Waals surface area contributed by atoms with Crippen LogP contribution in [0.2, 0.25) is 0 Å². The molecule has 60 valence electrons. The van der Waals surface area contributed by atoms with E-state index in [0.29, 0.717) is 0 Å². The van der Waals surface area contributed by atoms with Gasteiger partial charge in [0.15, 0.2) is 0 Å². The third-order valence-electron chi connectivity index (χ3n) is 0.578. The average molecular weight is 168 g/mol. The molecule has 10 heavy (non-hydrogen) atoms. The maximum atomic E-state index is 9.99. The minimum absolute atomic E-state index is 0.0919. The molecule has 0 amide bonds. The predicted molar refractivity (Wildman–Crippen MR) is 34.1 cm³/mol. The summed E-state index contributed by atoms with van der Waals surface area (Å²) in [5.74, 6) is 0. The Morgan fingerprint density at radius 2 is 2.10 bits per heavy atom. The number of ether oxygens (including phenoxy) is 1. The minimum Gasteiger partial charge on any atom is -0.499 e.